The van der Waals surface area contributed by atoms with Crippen LogP contribution in [0.5, 0.6) is 5.75 Å². The molecule has 3 amide bonds. The topological polar surface area (TPSA) is 58.6 Å². The van der Waals surface area contributed by atoms with Crippen LogP contribution in [0.2, 0.25) is 0 Å². The lowest BCUT2D eigenvalue weighted by atomic mass is 10.1. The number of hydrogen-bond acceptors (Lipinski definition) is 3. The Bertz CT molecular complexity index is 564. The lowest BCUT2D eigenvalue weighted by molar-refractivity contribution is -0.122. The Hall–Kier alpha value is -2.30. The Kier molecular flexibility index (Phi) is 3.55. The number of urea groups is 1. The van der Waals surface area contributed by atoms with Crippen LogP contribution in [-0.4, -0.2) is 30.5 Å². The van der Waals surface area contributed by atoms with Crippen molar-refractivity contribution in [2.45, 2.75) is 13.8 Å². The van der Waals surface area contributed by atoms with Crippen LogP contribution in [0.15, 0.2) is 23.9 Å². The predicted molar refractivity (Wildman–Crippen MR) is 71.6 cm³/mol. The first-order valence-corrected chi connectivity index (χ1v) is 6.06. The van der Waals surface area contributed by atoms with E-state index in [2.05, 4.69) is 5.32 Å². The van der Waals surface area contributed by atoms with Crippen LogP contribution in [0.3, 0.4) is 0 Å². The van der Waals surface area contributed by atoms with E-state index in [-0.39, 0.29) is 11.9 Å². The summed E-state index contributed by atoms with van der Waals surface area (Å²) in [5.74, 6) is 0.500. The number of carbonyl (C=O) groups excluding carboxylic acids is 2. The average molecular weight is 260 g/mol. The molecule has 5 nitrogen and oxygen atoms in total. The second-order valence-electron chi connectivity index (χ2n) is 4.27. The van der Waals surface area contributed by atoms with E-state index in [0.29, 0.717) is 12.2 Å². The minimum Gasteiger partial charge on any atom is -0.496 e. The summed E-state index contributed by atoms with van der Waals surface area (Å²) < 4.78 is 5.18. The zero-order valence-corrected chi connectivity index (χ0v) is 11.2. The van der Waals surface area contributed by atoms with Crippen molar-refractivity contribution >= 4 is 18.0 Å². The highest BCUT2D eigenvalue weighted by molar-refractivity contribution is 6.13. The van der Waals surface area contributed by atoms with Gasteiger partial charge in [-0.15, -0.1) is 0 Å². The van der Waals surface area contributed by atoms with Crippen LogP contribution in [-0.2, 0) is 4.79 Å². The molecule has 0 saturated carbocycles. The maximum absolute atomic E-state index is 11.9. The van der Waals surface area contributed by atoms with Crippen LogP contribution >= 0.6 is 0 Å². The van der Waals surface area contributed by atoms with Crippen molar-refractivity contribution in [3.8, 4) is 5.75 Å². The van der Waals surface area contributed by atoms with E-state index >= 15 is 0 Å². The number of methoxy groups -OCH3 is 1. The number of amides is 3. The third-order valence-corrected chi connectivity index (χ3v) is 3.01. The fourth-order valence-corrected chi connectivity index (χ4v) is 2.02. The molecular formula is C14H16N2O3. The van der Waals surface area contributed by atoms with Gasteiger partial charge in [0.05, 0.1) is 7.11 Å². The number of carbonyl (C=O) groups is 2. The molecule has 1 aromatic carbocycles. The van der Waals surface area contributed by atoms with E-state index in [9.17, 15) is 9.59 Å². The lowest BCUT2D eigenvalue weighted by Crippen LogP contribution is -2.30. The largest absolute Gasteiger partial charge is 0.496 e. The molecule has 0 bridgehead atoms. The van der Waals surface area contributed by atoms with Crippen molar-refractivity contribution in [2.24, 2.45) is 0 Å². The van der Waals surface area contributed by atoms with Gasteiger partial charge in [0.25, 0.3) is 5.91 Å². The third-order valence-electron chi connectivity index (χ3n) is 3.01. The normalized spacial score (nSPS) is 17.0. The van der Waals surface area contributed by atoms with Crippen LogP contribution in [0.25, 0.3) is 6.08 Å². The molecule has 2 rings (SSSR count). The number of nitrogens with one attached hydrogen (secondary N) is 1. The van der Waals surface area contributed by atoms with Gasteiger partial charge in [0, 0.05) is 6.54 Å². The Labute approximate surface area is 111 Å². The van der Waals surface area contributed by atoms with Gasteiger partial charge in [0.1, 0.15) is 11.4 Å². The molecule has 0 unspecified atom stereocenters. The Morgan fingerprint density at radius 2 is 2.11 bits per heavy atom. The van der Waals surface area contributed by atoms with Crippen LogP contribution < -0.4 is 10.1 Å². The predicted octanol–water partition coefficient (Wildman–Crippen LogP) is 1.92. The van der Waals surface area contributed by atoms with Crippen molar-refractivity contribution in [1.82, 2.24) is 10.2 Å². The molecular weight excluding hydrogens is 244 g/mol. The van der Waals surface area contributed by atoms with E-state index in [1.165, 1.54) is 4.90 Å². The zero-order valence-electron chi connectivity index (χ0n) is 11.2. The quantitative estimate of drug-likeness (QED) is 0.667. The van der Waals surface area contributed by atoms with Gasteiger partial charge in [-0.25, -0.2) is 4.79 Å². The van der Waals surface area contributed by atoms with Crippen molar-refractivity contribution in [2.75, 3.05) is 13.7 Å². The van der Waals surface area contributed by atoms with E-state index in [1.54, 1.807) is 20.1 Å². The van der Waals surface area contributed by atoms with E-state index in [4.69, 9.17) is 4.74 Å². The maximum atomic E-state index is 11.9. The molecule has 1 saturated heterocycles. The molecule has 1 aliphatic heterocycles. The number of hydrogen-bond donors (Lipinski definition) is 1. The third kappa shape index (κ3) is 2.45. The molecule has 5 heteroatoms. The molecule has 0 radical (unpaired) electrons. The molecule has 0 atom stereocenters. The summed E-state index contributed by atoms with van der Waals surface area (Å²) in [6.45, 7) is 4.05. The molecule has 1 heterocycles. The molecule has 100 valence electrons. The minimum absolute atomic E-state index is 0.291. The molecule has 1 aliphatic rings. The molecule has 1 N–H and O–H groups in total. The molecule has 0 aromatic heterocycles. The first-order chi connectivity index (χ1) is 9.06. The van der Waals surface area contributed by atoms with Crippen molar-refractivity contribution in [1.29, 1.82) is 0 Å². The standard InChI is InChI=1S/C14H16N2O3/c1-4-16-13(17)11(15-14(16)18)8-10-5-6-12(19-3)9(2)7-10/h5-8H,4H2,1-3H3,(H,15,18)/b11-8+. The Morgan fingerprint density at radius 1 is 1.37 bits per heavy atom. The van der Waals surface area contributed by atoms with Crippen LogP contribution in [0, 0.1) is 6.92 Å². The van der Waals surface area contributed by atoms with Crippen molar-refractivity contribution in [3.63, 3.8) is 0 Å². The van der Waals surface area contributed by atoms with Gasteiger partial charge in [-0.1, -0.05) is 6.07 Å². The fraction of sp³-hybridized carbons (Fsp3) is 0.286. The summed E-state index contributed by atoms with van der Waals surface area (Å²) in [7, 11) is 1.61. The number of nitrogens with zero attached hydrogens (tertiary/aromatic N) is 1. The van der Waals surface area contributed by atoms with Gasteiger partial charge >= 0.3 is 6.03 Å². The second-order valence-corrected chi connectivity index (χ2v) is 4.27. The Morgan fingerprint density at radius 3 is 2.63 bits per heavy atom. The molecule has 19 heavy (non-hydrogen) atoms. The minimum atomic E-state index is -0.371. The summed E-state index contributed by atoms with van der Waals surface area (Å²) in [4.78, 5) is 24.6. The highest BCUT2D eigenvalue weighted by Crippen LogP contribution is 2.21. The van der Waals surface area contributed by atoms with Crippen LogP contribution in [0.4, 0.5) is 4.79 Å². The summed E-state index contributed by atoms with van der Waals surface area (Å²) in [6.07, 6.45) is 1.67. The van der Waals surface area contributed by atoms with Gasteiger partial charge < -0.3 is 10.1 Å². The zero-order chi connectivity index (χ0) is 14.0. The summed E-state index contributed by atoms with van der Waals surface area (Å²) in [6, 6.07) is 5.21. The Balaban J connectivity index is 2.30. The highest BCUT2D eigenvalue weighted by atomic mass is 16.5. The van der Waals surface area contributed by atoms with Gasteiger partial charge in [0.15, 0.2) is 0 Å². The average Bonchev–Trinajstić information content (AvgIpc) is 2.64. The smallest absolute Gasteiger partial charge is 0.328 e. The summed E-state index contributed by atoms with van der Waals surface area (Å²) in [5.41, 5.74) is 2.12. The van der Waals surface area contributed by atoms with Crippen molar-refractivity contribution < 1.29 is 14.3 Å². The fourth-order valence-electron chi connectivity index (χ4n) is 2.02. The molecule has 1 aromatic rings. The van der Waals surface area contributed by atoms with Crippen molar-refractivity contribution in [3.05, 3.63) is 35.0 Å². The van der Waals surface area contributed by atoms with Crippen LogP contribution in [0.1, 0.15) is 18.1 Å². The lowest BCUT2D eigenvalue weighted by Gasteiger charge is -2.06. The first kappa shape index (κ1) is 13.1. The van der Waals surface area contributed by atoms with Gasteiger partial charge in [0.2, 0.25) is 0 Å². The SMILES string of the molecule is CCN1C(=O)N/C(=C/c2ccc(OC)c(C)c2)C1=O. The summed E-state index contributed by atoms with van der Waals surface area (Å²) in [5, 5.41) is 2.57. The van der Waals surface area contributed by atoms with Gasteiger partial charge in [-0.3, -0.25) is 9.69 Å². The second kappa shape index (κ2) is 5.14. The maximum Gasteiger partial charge on any atom is 0.328 e. The monoisotopic (exact) mass is 260 g/mol. The summed E-state index contributed by atoms with van der Waals surface area (Å²) >= 11 is 0. The number of benzene rings is 1. The number of imide groups is 1. The number of likely N-dealkylation sites (N-methyl/N-ethyl adjacent to an activating group) is 1. The molecule has 0 aliphatic carbocycles. The first-order valence-electron chi connectivity index (χ1n) is 6.06. The van der Waals surface area contributed by atoms with Gasteiger partial charge in [-0.2, -0.15) is 0 Å². The van der Waals surface area contributed by atoms with E-state index < -0.39 is 0 Å². The number of rotatable bonds is 3. The molecule has 0 spiro atoms. The highest BCUT2D eigenvalue weighted by Gasteiger charge is 2.31. The molecule has 1 fully saturated rings. The van der Waals surface area contributed by atoms with Gasteiger partial charge in [-0.05, 0) is 43.2 Å². The van der Waals surface area contributed by atoms with E-state index in [1.807, 2.05) is 25.1 Å². The van der Waals surface area contributed by atoms with E-state index in [0.717, 1.165) is 16.9 Å². The number of ether oxygens (including phenoxy) is 1. The number of aryl methyl sites for hydroxylation is 1.